The van der Waals surface area contributed by atoms with Crippen molar-refractivity contribution in [1.29, 1.82) is 0 Å². The summed E-state index contributed by atoms with van der Waals surface area (Å²) >= 11 is 0. The lowest BCUT2D eigenvalue weighted by Crippen LogP contribution is -2.45. The Hall–Kier alpha value is -2.22. The number of ketones is 1. The molecule has 1 aliphatic carbocycles. The van der Waals surface area contributed by atoms with Gasteiger partial charge >= 0.3 is 12.1 Å². The lowest BCUT2D eigenvalue weighted by atomic mass is 9.90. The van der Waals surface area contributed by atoms with Crippen molar-refractivity contribution < 1.29 is 41.1 Å². The van der Waals surface area contributed by atoms with E-state index in [1.807, 2.05) is 38.2 Å². The first kappa shape index (κ1) is 42.9. The Bertz CT molecular complexity index is 1290. The minimum absolute atomic E-state index is 0.0164. The average Bonchev–Trinajstić information content (AvgIpc) is 3.22. The predicted molar refractivity (Wildman–Crippen MR) is 196 cm³/mol. The van der Waals surface area contributed by atoms with Crippen LogP contribution in [0.4, 0.5) is 13.2 Å². The standard InChI is InChI=1S/C38H61F3O6Si2/c1-27(2)45-35(43)21-16-14-13-15-20-31-32(34(25-33(31)42)47-49(11,12)37(6,7)8)23-22-30(46-48(9,10)36(3,4)5)26-44-29-19-17-18-28(24-29)38(39,40)41/h13,15,17-19,22-24,27,30-32,34H,14,16,20-21,25-26H2,1-12H3/t30?,31-,32-,34-/m1/s1. The molecular formula is C38H61F3O6Si2. The van der Waals surface area contributed by atoms with Gasteiger partial charge in [-0.05, 0) is 87.6 Å². The Morgan fingerprint density at radius 3 is 2.18 bits per heavy atom. The predicted octanol–water partition coefficient (Wildman–Crippen LogP) is 10.7. The molecule has 11 heteroatoms. The number of Topliss-reactive ketones (excluding diaryl/α,β-unsaturated/α-hetero) is 1. The van der Waals surface area contributed by atoms with Crippen LogP contribution in [0.3, 0.4) is 0 Å². The lowest BCUT2D eigenvalue weighted by molar-refractivity contribution is -0.147. The minimum Gasteiger partial charge on any atom is -0.491 e. The largest absolute Gasteiger partial charge is 0.491 e. The quantitative estimate of drug-likeness (QED) is 0.0731. The Morgan fingerprint density at radius 2 is 1.61 bits per heavy atom. The van der Waals surface area contributed by atoms with Crippen LogP contribution < -0.4 is 4.74 Å². The van der Waals surface area contributed by atoms with Crippen LogP contribution in [-0.2, 0) is 29.4 Å². The first-order chi connectivity index (χ1) is 22.3. The van der Waals surface area contributed by atoms with E-state index in [0.717, 1.165) is 12.1 Å². The molecule has 0 saturated heterocycles. The molecule has 1 aromatic rings. The van der Waals surface area contributed by atoms with E-state index in [1.165, 1.54) is 12.1 Å². The molecule has 0 aromatic heterocycles. The minimum atomic E-state index is -4.48. The van der Waals surface area contributed by atoms with Gasteiger partial charge in [-0.3, -0.25) is 9.59 Å². The molecule has 49 heavy (non-hydrogen) atoms. The number of ether oxygens (including phenoxy) is 2. The first-order valence-corrected chi connectivity index (χ1v) is 23.4. The smallest absolute Gasteiger partial charge is 0.416 e. The molecule has 1 aromatic carbocycles. The van der Waals surface area contributed by atoms with Crippen molar-refractivity contribution in [2.45, 2.75) is 148 Å². The molecule has 0 spiro atoms. The maximum atomic E-state index is 13.5. The van der Waals surface area contributed by atoms with E-state index in [-0.39, 0.29) is 58.2 Å². The number of esters is 1. The van der Waals surface area contributed by atoms with Gasteiger partial charge in [0.2, 0.25) is 0 Å². The van der Waals surface area contributed by atoms with Gasteiger partial charge in [-0.15, -0.1) is 0 Å². The number of hydrogen-bond acceptors (Lipinski definition) is 6. The summed E-state index contributed by atoms with van der Waals surface area (Å²) in [5, 5.41) is -0.169. The number of halogens is 3. The van der Waals surface area contributed by atoms with E-state index in [0.29, 0.717) is 32.1 Å². The average molecular weight is 727 g/mol. The van der Waals surface area contributed by atoms with Crippen LogP contribution in [0.25, 0.3) is 0 Å². The topological polar surface area (TPSA) is 71.1 Å². The summed E-state index contributed by atoms with van der Waals surface area (Å²) in [5.41, 5.74) is -0.774. The molecule has 4 atom stereocenters. The van der Waals surface area contributed by atoms with Gasteiger partial charge in [-0.1, -0.05) is 71.9 Å². The first-order valence-electron chi connectivity index (χ1n) is 17.6. The number of benzene rings is 1. The molecule has 2 rings (SSSR count). The molecule has 0 heterocycles. The van der Waals surface area contributed by atoms with Gasteiger partial charge < -0.3 is 18.3 Å². The van der Waals surface area contributed by atoms with E-state index in [4.69, 9.17) is 18.3 Å². The van der Waals surface area contributed by atoms with Crippen LogP contribution >= 0.6 is 0 Å². The second kappa shape index (κ2) is 17.3. The second-order valence-electron chi connectivity index (χ2n) is 16.5. The summed E-state index contributed by atoms with van der Waals surface area (Å²) in [6, 6.07) is 4.86. The molecule has 0 N–H and O–H groups in total. The third-order valence-corrected chi connectivity index (χ3v) is 19.0. The molecule has 1 fully saturated rings. The summed E-state index contributed by atoms with van der Waals surface area (Å²) in [6.07, 6.45) is 5.09. The maximum Gasteiger partial charge on any atom is 0.416 e. The third-order valence-electron chi connectivity index (χ3n) is 10.0. The van der Waals surface area contributed by atoms with Crippen LogP contribution in [0.1, 0.15) is 93.1 Å². The number of carbonyl (C=O) groups is 2. The fourth-order valence-electron chi connectivity index (χ4n) is 5.11. The number of alkyl halides is 3. The van der Waals surface area contributed by atoms with E-state index in [2.05, 4.69) is 67.7 Å². The number of carbonyl (C=O) groups excluding carboxylic acids is 2. The Morgan fingerprint density at radius 1 is 0.980 bits per heavy atom. The highest BCUT2D eigenvalue weighted by atomic mass is 28.4. The molecule has 0 aliphatic heterocycles. The van der Waals surface area contributed by atoms with Gasteiger partial charge in [-0.25, -0.2) is 0 Å². The van der Waals surface area contributed by atoms with E-state index in [1.54, 1.807) is 0 Å². The molecule has 278 valence electrons. The zero-order valence-electron chi connectivity index (χ0n) is 31.8. The highest BCUT2D eigenvalue weighted by molar-refractivity contribution is 6.74. The van der Waals surface area contributed by atoms with Gasteiger partial charge in [0.25, 0.3) is 0 Å². The van der Waals surface area contributed by atoms with Crippen molar-refractivity contribution in [2.24, 2.45) is 11.8 Å². The van der Waals surface area contributed by atoms with Crippen molar-refractivity contribution in [2.75, 3.05) is 6.61 Å². The molecule has 6 nitrogen and oxygen atoms in total. The number of rotatable bonds is 16. The summed E-state index contributed by atoms with van der Waals surface area (Å²) in [5.74, 6) is -0.470. The Labute approximate surface area is 295 Å². The highest BCUT2D eigenvalue weighted by Crippen LogP contribution is 2.43. The molecular weight excluding hydrogens is 666 g/mol. The molecule has 0 amide bonds. The lowest BCUT2D eigenvalue weighted by Gasteiger charge is -2.40. The van der Waals surface area contributed by atoms with Crippen LogP contribution in [0.5, 0.6) is 5.75 Å². The highest BCUT2D eigenvalue weighted by Gasteiger charge is 2.47. The number of unbranched alkanes of at least 4 members (excludes halogenated alkanes) is 1. The normalized spacial score (nSPS) is 20.5. The summed E-state index contributed by atoms with van der Waals surface area (Å²) < 4.78 is 64.9. The van der Waals surface area contributed by atoms with E-state index in [9.17, 15) is 22.8 Å². The summed E-state index contributed by atoms with van der Waals surface area (Å²) in [6.45, 7) is 25.2. The van der Waals surface area contributed by atoms with Gasteiger partial charge in [0.1, 0.15) is 18.1 Å². The van der Waals surface area contributed by atoms with Crippen LogP contribution in [0, 0.1) is 11.8 Å². The fraction of sp³-hybridized carbons (Fsp3) is 0.684. The van der Waals surface area contributed by atoms with Gasteiger partial charge in [-0.2, -0.15) is 13.2 Å². The fourth-order valence-corrected chi connectivity index (χ4v) is 7.71. The Balaban J connectivity index is 2.37. The third kappa shape index (κ3) is 13.4. The molecule has 0 bridgehead atoms. The molecule has 1 unspecified atom stereocenters. The number of allylic oxidation sites excluding steroid dienone is 2. The summed E-state index contributed by atoms with van der Waals surface area (Å²) in [4.78, 5) is 25.4. The molecule has 1 aliphatic rings. The van der Waals surface area contributed by atoms with Crippen LogP contribution in [0.15, 0.2) is 48.6 Å². The van der Waals surface area contributed by atoms with Crippen molar-refractivity contribution in [3.05, 3.63) is 54.1 Å². The zero-order chi connectivity index (χ0) is 37.4. The van der Waals surface area contributed by atoms with Crippen LogP contribution in [-0.4, -0.2) is 53.3 Å². The second-order valence-corrected chi connectivity index (χ2v) is 26.1. The van der Waals surface area contributed by atoms with Gasteiger partial charge in [0.05, 0.1) is 23.9 Å². The van der Waals surface area contributed by atoms with Gasteiger partial charge in [0, 0.05) is 24.7 Å². The van der Waals surface area contributed by atoms with Crippen molar-refractivity contribution in [3.63, 3.8) is 0 Å². The SMILES string of the molecule is CC(C)OC(=O)CCCC=CC[C@H]1C(=O)C[C@@H](O[Si](C)(C)C(C)(C)C)[C@@H]1C=CC(COc1cccc(C(F)(F)F)c1)O[Si](C)(C)C(C)(C)C. The monoisotopic (exact) mass is 726 g/mol. The van der Waals surface area contributed by atoms with Crippen LogP contribution in [0.2, 0.25) is 36.3 Å². The van der Waals surface area contributed by atoms with Crippen molar-refractivity contribution >= 4 is 28.4 Å². The van der Waals surface area contributed by atoms with Gasteiger partial charge in [0.15, 0.2) is 16.6 Å². The number of hydrogen-bond donors (Lipinski definition) is 0. The Kier molecular flexibility index (Phi) is 15.2. The van der Waals surface area contributed by atoms with E-state index < -0.39 is 34.5 Å². The zero-order valence-corrected chi connectivity index (χ0v) is 33.8. The molecule has 1 saturated carbocycles. The van der Waals surface area contributed by atoms with Crippen molar-refractivity contribution in [1.82, 2.24) is 0 Å². The summed E-state index contributed by atoms with van der Waals surface area (Å²) in [7, 11) is -4.56. The van der Waals surface area contributed by atoms with Crippen molar-refractivity contribution in [3.8, 4) is 5.75 Å². The maximum absolute atomic E-state index is 13.5. The molecule has 0 radical (unpaired) electrons. The van der Waals surface area contributed by atoms with E-state index >= 15 is 0 Å².